The standard InChI is InChI=1S/C14H21O5P/c1-3-9-18-20(17,19-10-4-2)11-12-5-7-13(8-6-12)14(15)16/h5-8H,3-4,9-11H2,1-2H3,(H,15,16). The van der Waals surface area contributed by atoms with Crippen LogP contribution in [0.4, 0.5) is 0 Å². The number of carbonyl (C=O) groups is 1. The van der Waals surface area contributed by atoms with E-state index in [0.29, 0.717) is 13.2 Å². The van der Waals surface area contributed by atoms with Crippen LogP contribution in [0.1, 0.15) is 42.6 Å². The minimum absolute atomic E-state index is 0.160. The number of hydrogen-bond donors (Lipinski definition) is 1. The van der Waals surface area contributed by atoms with Crippen LogP contribution >= 0.6 is 7.60 Å². The highest BCUT2D eigenvalue weighted by Gasteiger charge is 2.24. The normalized spacial score (nSPS) is 11.5. The largest absolute Gasteiger partial charge is 0.478 e. The summed E-state index contributed by atoms with van der Waals surface area (Å²) in [6.45, 7) is 4.64. The summed E-state index contributed by atoms with van der Waals surface area (Å²) in [6.07, 6.45) is 1.68. The lowest BCUT2D eigenvalue weighted by atomic mass is 10.1. The van der Waals surface area contributed by atoms with Crippen LogP contribution in [0.3, 0.4) is 0 Å². The Bertz CT molecular complexity index is 457. The number of benzene rings is 1. The molecule has 1 aromatic rings. The average molecular weight is 300 g/mol. The van der Waals surface area contributed by atoms with E-state index in [1.165, 1.54) is 12.1 Å². The van der Waals surface area contributed by atoms with Gasteiger partial charge in [0.05, 0.1) is 24.9 Å². The van der Waals surface area contributed by atoms with E-state index in [1.54, 1.807) is 12.1 Å². The molecular weight excluding hydrogens is 279 g/mol. The first-order valence-corrected chi connectivity index (χ1v) is 8.44. The molecule has 0 aromatic heterocycles. The van der Waals surface area contributed by atoms with Gasteiger partial charge >= 0.3 is 13.6 Å². The fourth-order valence-corrected chi connectivity index (χ4v) is 3.40. The van der Waals surface area contributed by atoms with E-state index in [-0.39, 0.29) is 11.7 Å². The summed E-state index contributed by atoms with van der Waals surface area (Å²) in [4.78, 5) is 10.8. The van der Waals surface area contributed by atoms with E-state index in [0.717, 1.165) is 18.4 Å². The topological polar surface area (TPSA) is 72.8 Å². The van der Waals surface area contributed by atoms with Gasteiger partial charge in [-0.05, 0) is 30.5 Å². The van der Waals surface area contributed by atoms with Crippen LogP contribution in [-0.2, 0) is 19.8 Å². The zero-order valence-corrected chi connectivity index (χ0v) is 12.8. The Labute approximate surface area is 119 Å². The van der Waals surface area contributed by atoms with Crippen LogP contribution in [0.5, 0.6) is 0 Å². The Hall–Kier alpha value is -1.16. The van der Waals surface area contributed by atoms with Gasteiger partial charge in [-0.2, -0.15) is 0 Å². The van der Waals surface area contributed by atoms with Gasteiger partial charge in [0.2, 0.25) is 0 Å². The van der Waals surface area contributed by atoms with Crippen LogP contribution in [0.15, 0.2) is 24.3 Å². The zero-order chi connectivity index (χ0) is 15.0. The second-order valence-electron chi connectivity index (χ2n) is 4.44. The van der Waals surface area contributed by atoms with Crippen molar-refractivity contribution < 1.29 is 23.5 Å². The van der Waals surface area contributed by atoms with Gasteiger partial charge in [0.25, 0.3) is 0 Å². The highest BCUT2D eigenvalue weighted by atomic mass is 31.2. The fourth-order valence-electron chi connectivity index (χ4n) is 1.57. The minimum Gasteiger partial charge on any atom is -0.478 e. The molecule has 1 rings (SSSR count). The van der Waals surface area contributed by atoms with Gasteiger partial charge in [0.1, 0.15) is 0 Å². The van der Waals surface area contributed by atoms with Gasteiger partial charge in [-0.15, -0.1) is 0 Å². The van der Waals surface area contributed by atoms with Crippen LogP contribution in [0, 0.1) is 0 Å². The predicted molar refractivity (Wildman–Crippen MR) is 77.2 cm³/mol. The molecule has 0 unspecified atom stereocenters. The van der Waals surface area contributed by atoms with Gasteiger partial charge in [0, 0.05) is 0 Å². The molecule has 0 aliphatic heterocycles. The van der Waals surface area contributed by atoms with Gasteiger partial charge in [-0.25, -0.2) is 4.79 Å². The zero-order valence-electron chi connectivity index (χ0n) is 11.9. The summed E-state index contributed by atoms with van der Waals surface area (Å²) >= 11 is 0. The summed E-state index contributed by atoms with van der Waals surface area (Å²) in [7, 11) is -3.16. The Morgan fingerprint density at radius 3 is 2.00 bits per heavy atom. The quantitative estimate of drug-likeness (QED) is 0.699. The number of carboxylic acids is 1. The van der Waals surface area contributed by atoms with E-state index in [2.05, 4.69) is 0 Å². The second-order valence-corrected chi connectivity index (χ2v) is 6.49. The average Bonchev–Trinajstić information content (AvgIpc) is 2.44. The van der Waals surface area contributed by atoms with Crippen molar-refractivity contribution in [3.63, 3.8) is 0 Å². The molecule has 1 aromatic carbocycles. The first-order chi connectivity index (χ1) is 9.50. The molecule has 0 saturated heterocycles. The molecule has 0 amide bonds. The maximum Gasteiger partial charge on any atom is 0.335 e. The molecule has 0 saturated carbocycles. The van der Waals surface area contributed by atoms with Crippen LogP contribution in [-0.4, -0.2) is 24.3 Å². The Morgan fingerprint density at radius 1 is 1.10 bits per heavy atom. The van der Waals surface area contributed by atoms with Crippen molar-refractivity contribution in [3.05, 3.63) is 35.4 Å². The van der Waals surface area contributed by atoms with E-state index in [1.807, 2.05) is 13.8 Å². The van der Waals surface area contributed by atoms with E-state index >= 15 is 0 Å². The van der Waals surface area contributed by atoms with Crippen molar-refractivity contribution in [1.29, 1.82) is 0 Å². The molecule has 0 heterocycles. The second kappa shape index (κ2) is 8.20. The van der Waals surface area contributed by atoms with E-state index in [9.17, 15) is 9.36 Å². The molecule has 0 radical (unpaired) electrons. The molecule has 0 aliphatic carbocycles. The fraction of sp³-hybridized carbons (Fsp3) is 0.500. The number of rotatable bonds is 9. The van der Waals surface area contributed by atoms with Crippen molar-refractivity contribution >= 4 is 13.6 Å². The molecule has 112 valence electrons. The number of hydrogen-bond acceptors (Lipinski definition) is 4. The molecular formula is C14H21O5P. The molecule has 0 aliphatic rings. The first kappa shape index (κ1) is 16.9. The molecule has 0 spiro atoms. The lowest BCUT2D eigenvalue weighted by Gasteiger charge is -2.18. The summed E-state index contributed by atoms with van der Waals surface area (Å²) < 4.78 is 23.3. The summed E-state index contributed by atoms with van der Waals surface area (Å²) in [6, 6.07) is 6.25. The maximum atomic E-state index is 12.6. The van der Waals surface area contributed by atoms with Crippen LogP contribution in [0.2, 0.25) is 0 Å². The highest BCUT2D eigenvalue weighted by Crippen LogP contribution is 2.51. The number of carboxylic acid groups (broad SMARTS) is 1. The number of aromatic carboxylic acids is 1. The lowest BCUT2D eigenvalue weighted by molar-refractivity contribution is 0.0697. The summed E-state index contributed by atoms with van der Waals surface area (Å²) in [5, 5.41) is 8.84. The molecule has 0 fully saturated rings. The Balaban J connectivity index is 2.77. The predicted octanol–water partition coefficient (Wildman–Crippen LogP) is 3.93. The van der Waals surface area contributed by atoms with Crippen molar-refractivity contribution in [1.82, 2.24) is 0 Å². The summed E-state index contributed by atoms with van der Waals surface area (Å²) in [5.74, 6) is -0.982. The third-order valence-corrected chi connectivity index (χ3v) is 4.47. The van der Waals surface area contributed by atoms with Gasteiger partial charge < -0.3 is 14.2 Å². The smallest absolute Gasteiger partial charge is 0.335 e. The first-order valence-electron chi connectivity index (χ1n) is 6.71. The Kier molecular flexibility index (Phi) is 6.93. The van der Waals surface area contributed by atoms with E-state index < -0.39 is 13.6 Å². The van der Waals surface area contributed by atoms with Crippen molar-refractivity contribution in [3.8, 4) is 0 Å². The van der Waals surface area contributed by atoms with Crippen LogP contribution in [0.25, 0.3) is 0 Å². The Morgan fingerprint density at radius 2 is 1.60 bits per heavy atom. The van der Waals surface area contributed by atoms with Gasteiger partial charge in [-0.3, -0.25) is 4.57 Å². The minimum atomic E-state index is -3.16. The molecule has 0 atom stereocenters. The van der Waals surface area contributed by atoms with Crippen molar-refractivity contribution in [2.24, 2.45) is 0 Å². The molecule has 0 bridgehead atoms. The molecule has 20 heavy (non-hydrogen) atoms. The van der Waals surface area contributed by atoms with Crippen molar-refractivity contribution in [2.45, 2.75) is 32.9 Å². The third kappa shape index (κ3) is 5.45. The molecule has 6 heteroatoms. The molecule has 1 N–H and O–H groups in total. The maximum absolute atomic E-state index is 12.6. The van der Waals surface area contributed by atoms with E-state index in [4.69, 9.17) is 14.2 Å². The third-order valence-electron chi connectivity index (χ3n) is 2.56. The highest BCUT2D eigenvalue weighted by molar-refractivity contribution is 7.53. The lowest BCUT2D eigenvalue weighted by Crippen LogP contribution is -2.02. The van der Waals surface area contributed by atoms with Crippen LogP contribution < -0.4 is 0 Å². The van der Waals surface area contributed by atoms with Gasteiger partial charge in [0.15, 0.2) is 0 Å². The SMILES string of the molecule is CCCOP(=O)(Cc1ccc(C(=O)O)cc1)OCCC. The molecule has 5 nitrogen and oxygen atoms in total. The monoisotopic (exact) mass is 300 g/mol. The van der Waals surface area contributed by atoms with Gasteiger partial charge in [-0.1, -0.05) is 26.0 Å². The van der Waals surface area contributed by atoms with Crippen molar-refractivity contribution in [2.75, 3.05) is 13.2 Å². The summed E-state index contributed by atoms with van der Waals surface area (Å²) in [5.41, 5.74) is 0.943.